The zero-order valence-electron chi connectivity index (χ0n) is 21.9. The first kappa shape index (κ1) is 27.1. The van der Waals surface area contributed by atoms with Gasteiger partial charge in [0.1, 0.15) is 4.90 Å². The molecule has 1 fully saturated rings. The monoisotopic (exact) mass is 562 g/mol. The fraction of sp³-hybridized carbons (Fsp3) is 0.276. The number of hydrogen-bond acceptors (Lipinski definition) is 6. The third-order valence-electron chi connectivity index (χ3n) is 6.71. The number of aromatic nitrogens is 2. The zero-order valence-corrected chi connectivity index (χ0v) is 23.5. The van der Waals surface area contributed by atoms with Gasteiger partial charge in [-0.05, 0) is 68.7 Å². The van der Waals surface area contributed by atoms with Crippen LogP contribution in [-0.2, 0) is 14.8 Å². The number of amides is 1. The number of piperidine rings is 1. The van der Waals surface area contributed by atoms with Gasteiger partial charge in [0.05, 0.1) is 28.0 Å². The van der Waals surface area contributed by atoms with Crippen molar-refractivity contribution < 1.29 is 13.2 Å². The maximum Gasteiger partial charge on any atom is 0.266 e. The molecule has 1 saturated heterocycles. The van der Waals surface area contributed by atoms with Crippen molar-refractivity contribution >= 4 is 44.3 Å². The molecule has 202 valence electrons. The van der Waals surface area contributed by atoms with Crippen LogP contribution < -0.4 is 10.9 Å². The molecule has 8 nitrogen and oxygen atoms in total. The number of aryl methyl sites for hydroxylation is 2. The summed E-state index contributed by atoms with van der Waals surface area (Å²) in [5, 5.41) is 3.65. The summed E-state index contributed by atoms with van der Waals surface area (Å²) >= 11 is 1.13. The number of fused-ring (bicyclic) bond motifs is 1. The Morgan fingerprint density at radius 2 is 1.64 bits per heavy atom. The Bertz CT molecular complexity index is 1690. The number of carbonyl (C=O) groups excluding carboxylic acids is 1. The van der Waals surface area contributed by atoms with Gasteiger partial charge < -0.3 is 5.32 Å². The van der Waals surface area contributed by atoms with Gasteiger partial charge in [0.25, 0.3) is 5.56 Å². The lowest BCUT2D eigenvalue weighted by molar-refractivity contribution is -0.113. The number of nitrogens with one attached hydrogen (secondary N) is 1. The molecule has 1 amide bonds. The van der Waals surface area contributed by atoms with Gasteiger partial charge in [-0.1, -0.05) is 54.1 Å². The summed E-state index contributed by atoms with van der Waals surface area (Å²) in [6, 6.07) is 19.6. The Labute approximate surface area is 232 Å². The van der Waals surface area contributed by atoms with Crippen LogP contribution in [0.4, 0.5) is 5.69 Å². The fourth-order valence-corrected chi connectivity index (χ4v) is 7.20. The molecule has 10 heteroatoms. The van der Waals surface area contributed by atoms with Gasteiger partial charge in [0, 0.05) is 13.1 Å². The molecule has 3 aromatic carbocycles. The van der Waals surface area contributed by atoms with E-state index in [4.69, 9.17) is 0 Å². The molecule has 0 atom stereocenters. The van der Waals surface area contributed by atoms with Gasteiger partial charge >= 0.3 is 0 Å². The molecule has 4 aromatic rings. The molecule has 1 N–H and O–H groups in total. The highest BCUT2D eigenvalue weighted by Crippen LogP contribution is 2.29. The molecule has 2 heterocycles. The van der Waals surface area contributed by atoms with Crippen LogP contribution in [0.2, 0.25) is 0 Å². The van der Waals surface area contributed by atoms with Crippen LogP contribution >= 0.6 is 11.8 Å². The normalized spacial score (nSPS) is 14.4. The van der Waals surface area contributed by atoms with Crippen molar-refractivity contribution in [2.75, 3.05) is 24.2 Å². The van der Waals surface area contributed by atoms with Crippen molar-refractivity contribution in [2.24, 2.45) is 0 Å². The minimum absolute atomic E-state index is 0.0618. The van der Waals surface area contributed by atoms with E-state index < -0.39 is 15.9 Å². The minimum atomic E-state index is -3.75. The maximum absolute atomic E-state index is 13.4. The van der Waals surface area contributed by atoms with Crippen LogP contribution in [0.1, 0.15) is 30.4 Å². The quantitative estimate of drug-likeness (QED) is 0.254. The fourth-order valence-electron chi connectivity index (χ4n) is 4.64. The number of thioether (sulfide) groups is 1. The van der Waals surface area contributed by atoms with Crippen molar-refractivity contribution in [3.63, 3.8) is 0 Å². The number of sulfonamides is 1. The van der Waals surface area contributed by atoms with Gasteiger partial charge in [-0.3, -0.25) is 14.2 Å². The van der Waals surface area contributed by atoms with Crippen LogP contribution in [-0.4, -0.2) is 47.0 Å². The summed E-state index contributed by atoms with van der Waals surface area (Å²) in [5.41, 5.74) is 3.07. The number of nitrogens with zero attached hydrogens (tertiary/aromatic N) is 3. The Hall–Kier alpha value is -3.47. The summed E-state index contributed by atoms with van der Waals surface area (Å²) in [6.07, 6.45) is 2.66. The van der Waals surface area contributed by atoms with E-state index in [9.17, 15) is 18.0 Å². The summed E-state index contributed by atoms with van der Waals surface area (Å²) < 4.78 is 29.9. The molecule has 5 rings (SSSR count). The first-order valence-electron chi connectivity index (χ1n) is 12.9. The molecule has 0 radical (unpaired) electrons. The first-order chi connectivity index (χ1) is 18.7. The Balaban J connectivity index is 1.43. The highest BCUT2D eigenvalue weighted by molar-refractivity contribution is 7.99. The van der Waals surface area contributed by atoms with Crippen LogP contribution in [0, 0.1) is 13.8 Å². The van der Waals surface area contributed by atoms with E-state index in [0.29, 0.717) is 34.8 Å². The van der Waals surface area contributed by atoms with Crippen LogP contribution in [0.25, 0.3) is 16.6 Å². The Morgan fingerprint density at radius 3 is 2.38 bits per heavy atom. The molecule has 0 bridgehead atoms. The lowest BCUT2D eigenvalue weighted by atomic mass is 10.2. The molecule has 0 saturated carbocycles. The van der Waals surface area contributed by atoms with Crippen molar-refractivity contribution in [1.29, 1.82) is 0 Å². The predicted molar refractivity (Wildman–Crippen MR) is 155 cm³/mol. The Kier molecular flexibility index (Phi) is 7.88. The molecule has 1 aliphatic rings. The molecule has 0 spiro atoms. The van der Waals surface area contributed by atoms with Crippen LogP contribution in [0.3, 0.4) is 0 Å². The van der Waals surface area contributed by atoms with Gasteiger partial charge in [0.15, 0.2) is 5.16 Å². The lowest BCUT2D eigenvalue weighted by Gasteiger charge is -2.27. The molecule has 39 heavy (non-hydrogen) atoms. The summed E-state index contributed by atoms with van der Waals surface area (Å²) in [7, 11) is -3.75. The number of hydrogen-bond donors (Lipinski definition) is 1. The highest BCUT2D eigenvalue weighted by Gasteiger charge is 2.29. The van der Waals surface area contributed by atoms with E-state index in [-0.39, 0.29) is 21.9 Å². The third-order valence-corrected chi connectivity index (χ3v) is 9.59. The average Bonchev–Trinajstić information content (AvgIpc) is 2.94. The second kappa shape index (κ2) is 11.3. The largest absolute Gasteiger partial charge is 0.324 e. The minimum Gasteiger partial charge on any atom is -0.324 e. The average molecular weight is 563 g/mol. The van der Waals surface area contributed by atoms with Crippen molar-refractivity contribution in [3.8, 4) is 5.69 Å². The van der Waals surface area contributed by atoms with Crippen molar-refractivity contribution in [2.45, 2.75) is 43.2 Å². The summed E-state index contributed by atoms with van der Waals surface area (Å²) in [5.74, 6) is -0.454. The second-order valence-corrected chi connectivity index (χ2v) is 12.5. The lowest BCUT2D eigenvalue weighted by Crippen LogP contribution is -2.36. The number of benzene rings is 3. The second-order valence-electron chi connectivity index (χ2n) is 9.69. The summed E-state index contributed by atoms with van der Waals surface area (Å²) in [4.78, 5) is 31.3. The third kappa shape index (κ3) is 5.78. The smallest absolute Gasteiger partial charge is 0.266 e. The Morgan fingerprint density at radius 1 is 0.949 bits per heavy atom. The van der Waals surface area contributed by atoms with E-state index >= 15 is 0 Å². The molecular weight excluding hydrogens is 532 g/mol. The van der Waals surface area contributed by atoms with E-state index in [0.717, 1.165) is 42.2 Å². The van der Waals surface area contributed by atoms with Gasteiger partial charge in [-0.25, -0.2) is 13.4 Å². The van der Waals surface area contributed by atoms with E-state index in [1.807, 2.05) is 44.2 Å². The predicted octanol–water partition coefficient (Wildman–Crippen LogP) is 4.91. The molecule has 0 unspecified atom stereocenters. The standard InChI is InChI=1S/C29H30N4O4S2/c1-20-10-13-22(14-11-20)33-28(35)23-8-4-5-9-24(23)31-29(33)38-19-27(34)30-25-15-12-21(2)18-26(25)39(36,37)32-16-6-3-7-17-32/h4-5,8-15,18H,3,6-7,16-17,19H2,1-2H3,(H,30,34). The molecule has 1 aromatic heterocycles. The topological polar surface area (TPSA) is 101 Å². The number of carbonyl (C=O) groups is 1. The van der Waals surface area contributed by atoms with E-state index in [1.165, 1.54) is 8.87 Å². The zero-order chi connectivity index (χ0) is 27.6. The van der Waals surface area contributed by atoms with E-state index in [1.54, 1.807) is 36.4 Å². The van der Waals surface area contributed by atoms with Crippen molar-refractivity contribution in [1.82, 2.24) is 13.9 Å². The number of anilines is 1. The van der Waals surface area contributed by atoms with E-state index in [2.05, 4.69) is 10.3 Å². The number of para-hydroxylation sites is 1. The van der Waals surface area contributed by atoms with Crippen LogP contribution in [0.15, 0.2) is 81.6 Å². The highest BCUT2D eigenvalue weighted by atomic mass is 32.2. The van der Waals surface area contributed by atoms with Crippen molar-refractivity contribution in [3.05, 3.63) is 88.2 Å². The van der Waals surface area contributed by atoms with Crippen LogP contribution in [0.5, 0.6) is 0 Å². The molecular formula is C29H30N4O4S2. The maximum atomic E-state index is 13.4. The molecule has 1 aliphatic heterocycles. The SMILES string of the molecule is Cc1ccc(-n2c(SCC(=O)Nc3ccc(C)cc3S(=O)(=O)N3CCCCC3)nc3ccccc3c2=O)cc1. The van der Waals surface area contributed by atoms with Gasteiger partial charge in [-0.2, -0.15) is 4.31 Å². The first-order valence-corrected chi connectivity index (χ1v) is 15.3. The number of rotatable bonds is 7. The van der Waals surface area contributed by atoms with Gasteiger partial charge in [-0.15, -0.1) is 0 Å². The summed E-state index contributed by atoms with van der Waals surface area (Å²) in [6.45, 7) is 4.75. The van der Waals surface area contributed by atoms with Gasteiger partial charge in [0.2, 0.25) is 15.9 Å². The molecule has 0 aliphatic carbocycles.